The van der Waals surface area contributed by atoms with Crippen LogP contribution in [-0.2, 0) is 6.54 Å². The molecule has 140 valence electrons. The first kappa shape index (κ1) is 17.0. The number of pyridine rings is 2. The predicted molar refractivity (Wildman–Crippen MR) is 110 cm³/mol. The Balaban J connectivity index is 1.53. The second-order valence-electron chi connectivity index (χ2n) is 7.02. The van der Waals surface area contributed by atoms with Crippen LogP contribution in [-0.4, -0.2) is 50.6 Å². The molecule has 1 saturated heterocycles. The first-order valence-corrected chi connectivity index (χ1v) is 9.66. The van der Waals surface area contributed by atoms with E-state index < -0.39 is 0 Å². The summed E-state index contributed by atoms with van der Waals surface area (Å²) in [6, 6.07) is 18.5. The smallest absolute Gasteiger partial charge is 0.165 e. The Morgan fingerprint density at radius 1 is 0.857 bits per heavy atom. The van der Waals surface area contributed by atoms with Crippen LogP contribution < -0.4 is 5.32 Å². The van der Waals surface area contributed by atoms with Gasteiger partial charge in [-0.15, -0.1) is 0 Å². The zero-order valence-electron chi connectivity index (χ0n) is 15.6. The summed E-state index contributed by atoms with van der Waals surface area (Å²) in [5.74, 6) is 0.809. The van der Waals surface area contributed by atoms with E-state index in [9.17, 15) is 0 Å². The highest BCUT2D eigenvalue weighted by molar-refractivity contribution is 5.79. The van der Waals surface area contributed by atoms with Crippen LogP contribution in [0.5, 0.6) is 0 Å². The van der Waals surface area contributed by atoms with Crippen molar-refractivity contribution in [1.82, 2.24) is 29.7 Å². The number of fused-ring (bicyclic) bond motifs is 1. The molecular weight excluding hydrogens is 348 g/mol. The minimum absolute atomic E-state index is 0.809. The molecule has 1 aliphatic heterocycles. The van der Waals surface area contributed by atoms with Crippen molar-refractivity contribution < 1.29 is 0 Å². The van der Waals surface area contributed by atoms with Crippen molar-refractivity contribution in [3.05, 3.63) is 72.6 Å². The summed E-state index contributed by atoms with van der Waals surface area (Å²) in [4.78, 5) is 16.4. The van der Waals surface area contributed by atoms with Crippen LogP contribution in [0.1, 0.15) is 5.56 Å². The van der Waals surface area contributed by atoms with Gasteiger partial charge in [-0.25, -0.2) is 9.97 Å². The van der Waals surface area contributed by atoms with Crippen molar-refractivity contribution in [2.45, 2.75) is 6.54 Å². The number of hydrogen-bond donors (Lipinski definition) is 1. The van der Waals surface area contributed by atoms with Crippen LogP contribution in [0.3, 0.4) is 0 Å². The maximum atomic E-state index is 4.80. The Hall–Kier alpha value is -3.09. The number of benzene rings is 1. The molecule has 6 heteroatoms. The zero-order valence-corrected chi connectivity index (χ0v) is 15.6. The monoisotopic (exact) mass is 370 g/mol. The highest BCUT2D eigenvalue weighted by atomic mass is 15.2. The average Bonchev–Trinajstić information content (AvgIpc) is 3.15. The Morgan fingerprint density at radius 2 is 1.68 bits per heavy atom. The van der Waals surface area contributed by atoms with Gasteiger partial charge in [0.1, 0.15) is 11.2 Å². The number of piperazine rings is 1. The van der Waals surface area contributed by atoms with E-state index in [1.807, 2.05) is 36.5 Å². The van der Waals surface area contributed by atoms with Gasteiger partial charge in [-0.3, -0.25) is 14.5 Å². The van der Waals surface area contributed by atoms with Crippen LogP contribution in [0.2, 0.25) is 0 Å². The second kappa shape index (κ2) is 7.50. The van der Waals surface area contributed by atoms with Crippen LogP contribution in [0, 0.1) is 0 Å². The molecule has 4 aromatic rings. The molecule has 6 nitrogen and oxygen atoms in total. The molecule has 1 N–H and O–H groups in total. The number of nitrogens with zero attached hydrogens (tertiary/aromatic N) is 5. The Labute approximate surface area is 163 Å². The predicted octanol–water partition coefficient (Wildman–Crippen LogP) is 2.89. The molecule has 4 heterocycles. The van der Waals surface area contributed by atoms with Gasteiger partial charge in [0.25, 0.3) is 0 Å². The normalized spacial score (nSPS) is 15.1. The second-order valence-corrected chi connectivity index (χ2v) is 7.02. The largest absolute Gasteiger partial charge is 0.314 e. The van der Waals surface area contributed by atoms with Crippen LogP contribution >= 0.6 is 0 Å². The van der Waals surface area contributed by atoms with Crippen molar-refractivity contribution in [1.29, 1.82) is 0 Å². The lowest BCUT2D eigenvalue weighted by Gasteiger charge is -2.27. The molecule has 0 aliphatic carbocycles. The van der Waals surface area contributed by atoms with E-state index in [4.69, 9.17) is 4.98 Å². The van der Waals surface area contributed by atoms with Gasteiger partial charge < -0.3 is 5.32 Å². The van der Waals surface area contributed by atoms with Crippen molar-refractivity contribution in [2.75, 3.05) is 26.2 Å². The third-order valence-corrected chi connectivity index (χ3v) is 5.12. The highest BCUT2D eigenvalue weighted by Gasteiger charge is 2.16. The van der Waals surface area contributed by atoms with E-state index in [1.54, 1.807) is 6.20 Å². The molecule has 1 aliphatic rings. The molecule has 0 radical (unpaired) electrons. The van der Waals surface area contributed by atoms with E-state index >= 15 is 0 Å². The lowest BCUT2D eigenvalue weighted by atomic mass is 10.1. The summed E-state index contributed by atoms with van der Waals surface area (Å²) in [6.07, 6.45) is 3.60. The summed E-state index contributed by atoms with van der Waals surface area (Å²) in [5, 5.41) is 3.40. The molecule has 5 rings (SSSR count). The first-order chi connectivity index (χ1) is 13.9. The standard InChI is InChI=1S/C22H22N6/c1-2-10-24-19(4-1)22-26-20-5-3-11-25-21(20)28(22)18-8-6-17(7-9-18)16-27-14-12-23-13-15-27/h1-11,23H,12-16H2. The number of imidazole rings is 1. The average molecular weight is 370 g/mol. The third kappa shape index (κ3) is 3.28. The molecular formula is C22H22N6. The van der Waals surface area contributed by atoms with Crippen LogP contribution in [0.15, 0.2) is 67.0 Å². The Bertz CT molecular complexity index is 1070. The summed E-state index contributed by atoms with van der Waals surface area (Å²) < 4.78 is 2.09. The number of aromatic nitrogens is 4. The molecule has 0 unspecified atom stereocenters. The van der Waals surface area contributed by atoms with Gasteiger partial charge in [-0.2, -0.15) is 0 Å². The van der Waals surface area contributed by atoms with E-state index in [-0.39, 0.29) is 0 Å². The summed E-state index contributed by atoms with van der Waals surface area (Å²) in [7, 11) is 0. The minimum Gasteiger partial charge on any atom is -0.314 e. The molecule has 0 atom stereocenters. The lowest BCUT2D eigenvalue weighted by Crippen LogP contribution is -2.42. The fraction of sp³-hybridized carbons (Fsp3) is 0.227. The molecule has 1 aromatic carbocycles. The molecule has 0 saturated carbocycles. The number of nitrogens with one attached hydrogen (secondary N) is 1. The highest BCUT2D eigenvalue weighted by Crippen LogP contribution is 2.26. The Morgan fingerprint density at radius 3 is 2.46 bits per heavy atom. The van der Waals surface area contributed by atoms with E-state index in [1.165, 1.54) is 5.56 Å². The van der Waals surface area contributed by atoms with Crippen LogP contribution in [0.4, 0.5) is 0 Å². The molecule has 28 heavy (non-hydrogen) atoms. The van der Waals surface area contributed by atoms with E-state index in [0.29, 0.717) is 0 Å². The maximum Gasteiger partial charge on any atom is 0.165 e. The van der Waals surface area contributed by atoms with Crippen molar-refractivity contribution >= 4 is 11.2 Å². The van der Waals surface area contributed by atoms with E-state index in [0.717, 1.165) is 61.1 Å². The quantitative estimate of drug-likeness (QED) is 0.599. The van der Waals surface area contributed by atoms with Gasteiger partial charge in [0.15, 0.2) is 11.5 Å². The van der Waals surface area contributed by atoms with Gasteiger partial charge in [0.05, 0.1) is 0 Å². The maximum absolute atomic E-state index is 4.80. The van der Waals surface area contributed by atoms with Gasteiger partial charge >= 0.3 is 0 Å². The van der Waals surface area contributed by atoms with Crippen molar-refractivity contribution in [3.63, 3.8) is 0 Å². The van der Waals surface area contributed by atoms with Gasteiger partial charge in [0, 0.05) is 50.8 Å². The summed E-state index contributed by atoms with van der Waals surface area (Å²) >= 11 is 0. The number of rotatable bonds is 4. The lowest BCUT2D eigenvalue weighted by molar-refractivity contribution is 0.233. The van der Waals surface area contributed by atoms with Gasteiger partial charge in [-0.05, 0) is 42.0 Å². The molecule has 1 fully saturated rings. The summed E-state index contributed by atoms with van der Waals surface area (Å²) in [6.45, 7) is 5.32. The van der Waals surface area contributed by atoms with E-state index in [2.05, 4.69) is 49.0 Å². The summed E-state index contributed by atoms with van der Waals surface area (Å²) in [5.41, 5.74) is 4.92. The topological polar surface area (TPSA) is 58.9 Å². The first-order valence-electron chi connectivity index (χ1n) is 9.66. The van der Waals surface area contributed by atoms with Gasteiger partial charge in [0.2, 0.25) is 0 Å². The van der Waals surface area contributed by atoms with Gasteiger partial charge in [-0.1, -0.05) is 18.2 Å². The molecule has 0 amide bonds. The molecule has 0 bridgehead atoms. The SMILES string of the molecule is c1ccc(-c2nc3cccnc3n2-c2ccc(CN3CCNCC3)cc2)nc1. The molecule has 0 spiro atoms. The van der Waals surface area contributed by atoms with Crippen molar-refractivity contribution in [2.24, 2.45) is 0 Å². The number of hydrogen-bond acceptors (Lipinski definition) is 5. The fourth-order valence-corrected chi connectivity index (χ4v) is 3.70. The van der Waals surface area contributed by atoms with Crippen molar-refractivity contribution in [3.8, 4) is 17.2 Å². The molecule has 3 aromatic heterocycles. The third-order valence-electron chi connectivity index (χ3n) is 5.12. The Kier molecular flexibility index (Phi) is 4.56. The zero-order chi connectivity index (χ0) is 18.8. The van der Waals surface area contributed by atoms with Crippen LogP contribution in [0.25, 0.3) is 28.4 Å². The fourth-order valence-electron chi connectivity index (χ4n) is 3.70. The minimum atomic E-state index is 0.809.